The molecule has 0 aromatic rings. The molecule has 6 heteroatoms. The van der Waals surface area contributed by atoms with Crippen molar-refractivity contribution >= 4 is 7.60 Å². The van der Waals surface area contributed by atoms with E-state index >= 15 is 0 Å². The first-order valence-corrected chi connectivity index (χ1v) is 14.5. The van der Waals surface area contributed by atoms with Gasteiger partial charge in [-0.1, -0.05) is 69.8 Å². The molecule has 0 aliphatic carbocycles. The van der Waals surface area contributed by atoms with E-state index in [0.29, 0.717) is 10.9 Å². The van der Waals surface area contributed by atoms with Crippen LogP contribution < -0.4 is 0 Å². The van der Waals surface area contributed by atoms with Crippen molar-refractivity contribution < 1.29 is 23.9 Å². The van der Waals surface area contributed by atoms with Gasteiger partial charge in [-0.05, 0) is 64.2 Å². The molecule has 0 fully saturated rings. The van der Waals surface area contributed by atoms with E-state index in [4.69, 9.17) is 0 Å². The molecule has 0 saturated heterocycles. The van der Waals surface area contributed by atoms with Crippen LogP contribution in [-0.2, 0) is 4.57 Å². The molecule has 1 unspecified atom stereocenters. The third-order valence-electron chi connectivity index (χ3n) is 5.77. The molecule has 1 atom stereocenters. The second kappa shape index (κ2) is 18.0. The number of unbranched alkanes of at least 4 members (excludes halogenated alkanes) is 12. The first kappa shape index (κ1) is 31.6. The summed E-state index contributed by atoms with van der Waals surface area (Å²) < 4.78 is 12.1. The summed E-state index contributed by atoms with van der Waals surface area (Å²) in [5, 5.41) is 8.59. The quantitative estimate of drug-likeness (QED) is 0.0729. The topological polar surface area (TPSA) is 77.8 Å². The highest BCUT2D eigenvalue weighted by molar-refractivity contribution is 7.53. The fourth-order valence-corrected chi connectivity index (χ4v) is 5.02. The SMILES string of the molecule is CCCCCCCC/C=C\CCCCC/C=C\CCCCC(O)(C[N+](C)(C)C)P(=O)(O)O. The Kier molecular flexibility index (Phi) is 17.7. The Morgan fingerprint density at radius 2 is 1.06 bits per heavy atom. The summed E-state index contributed by atoms with van der Waals surface area (Å²) in [6, 6.07) is 0. The second-order valence-electron chi connectivity index (χ2n) is 10.4. The lowest BCUT2D eigenvalue weighted by Crippen LogP contribution is -2.49. The molecule has 0 aliphatic rings. The minimum Gasteiger partial charge on any atom is -0.373 e. The maximum atomic E-state index is 11.8. The van der Waals surface area contributed by atoms with E-state index in [9.17, 15) is 19.5 Å². The Hall–Kier alpha value is -0.450. The van der Waals surface area contributed by atoms with E-state index in [1.165, 1.54) is 70.6 Å². The summed E-state index contributed by atoms with van der Waals surface area (Å²) >= 11 is 0. The van der Waals surface area contributed by atoms with Gasteiger partial charge in [0.2, 0.25) is 5.34 Å². The summed E-state index contributed by atoms with van der Waals surface area (Å²) in [6.45, 7) is 2.30. The van der Waals surface area contributed by atoms with Crippen LogP contribution in [0.1, 0.15) is 110 Å². The lowest BCUT2D eigenvalue weighted by molar-refractivity contribution is -0.875. The molecular formula is C26H53NO4P+. The van der Waals surface area contributed by atoms with Gasteiger partial charge in [0.05, 0.1) is 21.1 Å². The molecule has 3 N–H and O–H groups in total. The van der Waals surface area contributed by atoms with Crippen LogP contribution in [0.4, 0.5) is 0 Å². The molecule has 0 aromatic heterocycles. The van der Waals surface area contributed by atoms with Crippen molar-refractivity contribution in [2.45, 2.75) is 115 Å². The lowest BCUT2D eigenvalue weighted by Gasteiger charge is -2.35. The molecular weight excluding hydrogens is 421 g/mol. The van der Waals surface area contributed by atoms with Gasteiger partial charge >= 0.3 is 7.60 Å². The zero-order valence-corrected chi connectivity index (χ0v) is 22.4. The van der Waals surface area contributed by atoms with Gasteiger partial charge in [0.1, 0.15) is 6.54 Å². The molecule has 0 bridgehead atoms. The fraction of sp³-hybridized carbons (Fsp3) is 0.846. The van der Waals surface area contributed by atoms with Crippen LogP contribution in [0.25, 0.3) is 0 Å². The number of hydrogen-bond donors (Lipinski definition) is 3. The predicted molar refractivity (Wildman–Crippen MR) is 138 cm³/mol. The first-order valence-electron chi connectivity index (χ1n) is 12.9. The van der Waals surface area contributed by atoms with E-state index in [2.05, 4.69) is 31.2 Å². The summed E-state index contributed by atoms with van der Waals surface area (Å²) in [4.78, 5) is 19.2. The van der Waals surface area contributed by atoms with Crippen LogP contribution in [0.3, 0.4) is 0 Å². The van der Waals surface area contributed by atoms with Crippen LogP contribution >= 0.6 is 7.60 Å². The molecule has 5 nitrogen and oxygen atoms in total. The fourth-order valence-electron chi connectivity index (χ4n) is 3.96. The lowest BCUT2D eigenvalue weighted by atomic mass is 10.1. The molecule has 0 rings (SSSR count). The van der Waals surface area contributed by atoms with Gasteiger partial charge < -0.3 is 19.4 Å². The Morgan fingerprint density at radius 3 is 1.47 bits per heavy atom. The zero-order chi connectivity index (χ0) is 24.3. The molecule has 0 aliphatic heterocycles. The van der Waals surface area contributed by atoms with Gasteiger partial charge in [0.25, 0.3) is 0 Å². The normalized spacial score (nSPS) is 15.1. The number of hydrogen-bond acceptors (Lipinski definition) is 2. The highest BCUT2D eigenvalue weighted by Crippen LogP contribution is 2.52. The summed E-state index contributed by atoms with van der Waals surface area (Å²) in [5.74, 6) is 0. The third kappa shape index (κ3) is 18.0. The van der Waals surface area contributed by atoms with E-state index in [1.54, 1.807) is 0 Å². The standard InChI is InChI=1S/C26H52NO4P/c1-5-6-7-8-9-10-11-12-13-14-15-16-17-18-19-20-21-22-23-24-26(28,32(29,30)31)25-27(2,3)4/h12-13,19-20,28H,5-11,14-18,21-25H2,1-4H3,(H-,29,30,31)/p+1/b13-12-,20-19-. The summed E-state index contributed by atoms with van der Waals surface area (Å²) in [6.07, 6.45) is 27.0. The second-order valence-corrected chi connectivity index (χ2v) is 12.3. The maximum Gasteiger partial charge on any atom is 0.362 e. The van der Waals surface area contributed by atoms with Crippen molar-refractivity contribution in [3.63, 3.8) is 0 Å². The van der Waals surface area contributed by atoms with Gasteiger partial charge in [-0.25, -0.2) is 0 Å². The molecule has 0 amide bonds. The van der Waals surface area contributed by atoms with Crippen LogP contribution in [0.2, 0.25) is 0 Å². The Labute approximate surface area is 198 Å². The average molecular weight is 475 g/mol. The van der Waals surface area contributed by atoms with Crippen molar-refractivity contribution in [2.24, 2.45) is 0 Å². The largest absolute Gasteiger partial charge is 0.373 e. The van der Waals surface area contributed by atoms with E-state index < -0.39 is 12.9 Å². The first-order chi connectivity index (χ1) is 15.0. The van der Waals surface area contributed by atoms with Crippen LogP contribution in [0.15, 0.2) is 24.3 Å². The van der Waals surface area contributed by atoms with Crippen LogP contribution in [0.5, 0.6) is 0 Å². The molecule has 0 aromatic carbocycles. The van der Waals surface area contributed by atoms with Gasteiger partial charge in [-0.3, -0.25) is 4.57 Å². The minimum absolute atomic E-state index is 0.0430. The highest BCUT2D eigenvalue weighted by Gasteiger charge is 2.48. The van der Waals surface area contributed by atoms with Crippen molar-refractivity contribution in [1.29, 1.82) is 0 Å². The molecule has 190 valence electrons. The molecule has 32 heavy (non-hydrogen) atoms. The van der Waals surface area contributed by atoms with Gasteiger partial charge in [-0.2, -0.15) is 0 Å². The molecule has 0 radical (unpaired) electrons. The van der Waals surface area contributed by atoms with Crippen LogP contribution in [0, 0.1) is 0 Å². The van der Waals surface area contributed by atoms with Crippen LogP contribution in [-0.4, -0.2) is 52.4 Å². The van der Waals surface area contributed by atoms with Gasteiger partial charge in [-0.15, -0.1) is 0 Å². The van der Waals surface area contributed by atoms with Crippen molar-refractivity contribution in [3.05, 3.63) is 24.3 Å². The Bertz CT molecular complexity index is 551. The number of rotatable bonds is 21. The highest BCUT2D eigenvalue weighted by atomic mass is 31.2. The van der Waals surface area contributed by atoms with Crippen molar-refractivity contribution in [1.82, 2.24) is 0 Å². The number of nitrogens with zero attached hydrogens (tertiary/aromatic N) is 1. The number of likely N-dealkylation sites (N-methyl/N-ethyl adjacent to an activating group) is 1. The van der Waals surface area contributed by atoms with Crippen molar-refractivity contribution in [2.75, 3.05) is 27.7 Å². The van der Waals surface area contributed by atoms with E-state index in [1.807, 2.05) is 21.1 Å². The average Bonchev–Trinajstić information content (AvgIpc) is 2.67. The van der Waals surface area contributed by atoms with E-state index in [-0.39, 0.29) is 13.0 Å². The van der Waals surface area contributed by atoms with E-state index in [0.717, 1.165) is 19.3 Å². The zero-order valence-electron chi connectivity index (χ0n) is 21.5. The van der Waals surface area contributed by atoms with Gasteiger partial charge in [0, 0.05) is 0 Å². The number of aliphatic hydroxyl groups is 1. The monoisotopic (exact) mass is 474 g/mol. The molecule has 0 saturated carbocycles. The third-order valence-corrected chi connectivity index (χ3v) is 7.22. The maximum absolute atomic E-state index is 11.8. The predicted octanol–water partition coefficient (Wildman–Crippen LogP) is 6.93. The summed E-state index contributed by atoms with van der Waals surface area (Å²) in [5.41, 5.74) is 0. The van der Waals surface area contributed by atoms with Crippen molar-refractivity contribution in [3.8, 4) is 0 Å². The summed E-state index contributed by atoms with van der Waals surface area (Å²) in [7, 11) is 0.928. The number of quaternary nitrogens is 1. The minimum atomic E-state index is -4.56. The Balaban J connectivity index is 3.70. The smallest absolute Gasteiger partial charge is 0.362 e. The molecule has 0 heterocycles. The van der Waals surface area contributed by atoms with Gasteiger partial charge in [0.15, 0.2) is 0 Å². The Morgan fingerprint density at radius 1 is 0.688 bits per heavy atom. The molecule has 0 spiro atoms. The number of allylic oxidation sites excluding steroid dienone is 4.